The molecule has 5 heteroatoms. The van der Waals surface area contributed by atoms with E-state index in [4.69, 9.17) is 4.42 Å². The summed E-state index contributed by atoms with van der Waals surface area (Å²) in [5, 5.41) is 9.68. The number of carbonyl (C=O) groups is 1. The number of hydrogen-bond acceptors (Lipinski definition) is 3. The van der Waals surface area contributed by atoms with E-state index in [1.165, 1.54) is 11.8 Å². The van der Waals surface area contributed by atoms with Gasteiger partial charge in [-0.1, -0.05) is 29.8 Å². The fourth-order valence-corrected chi connectivity index (χ4v) is 2.07. The number of rotatable bonds is 4. The van der Waals surface area contributed by atoms with Crippen LogP contribution in [0.25, 0.3) is 11.3 Å². The summed E-state index contributed by atoms with van der Waals surface area (Å²) < 4.78 is 5.19. The van der Waals surface area contributed by atoms with Crippen LogP contribution in [0, 0.1) is 6.92 Å². The van der Waals surface area contributed by atoms with Gasteiger partial charge in [-0.15, -0.1) is 0 Å². The first-order valence-corrected chi connectivity index (χ1v) is 6.65. The Morgan fingerprint density at radius 3 is 2.81 bits per heavy atom. The SMILES string of the molecule is Cc1ccc(-c2[nH]ncc2C(=O)NCc2ccco2)cc1. The van der Waals surface area contributed by atoms with Gasteiger partial charge in [0, 0.05) is 5.56 Å². The zero-order valence-corrected chi connectivity index (χ0v) is 11.6. The van der Waals surface area contributed by atoms with Gasteiger partial charge >= 0.3 is 0 Å². The summed E-state index contributed by atoms with van der Waals surface area (Å²) in [5.41, 5.74) is 3.33. The van der Waals surface area contributed by atoms with Gasteiger partial charge in [0.2, 0.25) is 0 Å². The Labute approximate surface area is 122 Å². The van der Waals surface area contributed by atoms with Crippen LogP contribution in [0.4, 0.5) is 0 Å². The minimum atomic E-state index is -0.185. The minimum Gasteiger partial charge on any atom is -0.467 e. The molecule has 0 atom stereocenters. The average molecular weight is 281 g/mol. The molecule has 1 aromatic carbocycles. The molecule has 0 aliphatic rings. The highest BCUT2D eigenvalue weighted by Crippen LogP contribution is 2.21. The Hall–Kier alpha value is -2.82. The third kappa shape index (κ3) is 2.86. The predicted molar refractivity (Wildman–Crippen MR) is 78.6 cm³/mol. The number of nitrogens with one attached hydrogen (secondary N) is 2. The van der Waals surface area contributed by atoms with Crippen molar-refractivity contribution in [1.29, 1.82) is 0 Å². The van der Waals surface area contributed by atoms with E-state index in [0.717, 1.165) is 5.56 Å². The summed E-state index contributed by atoms with van der Waals surface area (Å²) >= 11 is 0. The van der Waals surface area contributed by atoms with E-state index in [2.05, 4.69) is 15.5 Å². The Morgan fingerprint density at radius 2 is 2.10 bits per heavy atom. The van der Waals surface area contributed by atoms with Crippen molar-refractivity contribution < 1.29 is 9.21 Å². The Balaban J connectivity index is 1.78. The third-order valence-electron chi connectivity index (χ3n) is 3.23. The number of aromatic nitrogens is 2. The van der Waals surface area contributed by atoms with Gasteiger partial charge in [0.1, 0.15) is 5.76 Å². The van der Waals surface area contributed by atoms with Gasteiger partial charge in [-0.3, -0.25) is 9.89 Å². The molecule has 0 bridgehead atoms. The van der Waals surface area contributed by atoms with Crippen LogP contribution < -0.4 is 5.32 Å². The zero-order valence-electron chi connectivity index (χ0n) is 11.6. The monoisotopic (exact) mass is 281 g/mol. The quantitative estimate of drug-likeness (QED) is 0.772. The van der Waals surface area contributed by atoms with Crippen molar-refractivity contribution in [3.05, 3.63) is 65.7 Å². The van der Waals surface area contributed by atoms with Gasteiger partial charge in [0.05, 0.1) is 30.3 Å². The number of furan rings is 1. The molecule has 3 aromatic rings. The molecule has 0 radical (unpaired) electrons. The largest absolute Gasteiger partial charge is 0.467 e. The van der Waals surface area contributed by atoms with Crippen molar-refractivity contribution in [2.45, 2.75) is 13.5 Å². The molecule has 0 fully saturated rings. The molecule has 0 saturated carbocycles. The number of benzene rings is 1. The number of carbonyl (C=O) groups excluding carboxylic acids is 1. The zero-order chi connectivity index (χ0) is 14.7. The van der Waals surface area contributed by atoms with Gasteiger partial charge in [-0.05, 0) is 19.1 Å². The minimum absolute atomic E-state index is 0.185. The molecule has 21 heavy (non-hydrogen) atoms. The van der Waals surface area contributed by atoms with Crippen molar-refractivity contribution >= 4 is 5.91 Å². The topological polar surface area (TPSA) is 70.9 Å². The Bertz CT molecular complexity index is 727. The molecule has 0 aliphatic heterocycles. The second-order valence-electron chi connectivity index (χ2n) is 4.79. The number of aromatic amines is 1. The van der Waals surface area contributed by atoms with Crippen LogP contribution in [0.1, 0.15) is 21.7 Å². The summed E-state index contributed by atoms with van der Waals surface area (Å²) in [6, 6.07) is 11.5. The highest BCUT2D eigenvalue weighted by Gasteiger charge is 2.15. The molecule has 3 rings (SSSR count). The van der Waals surface area contributed by atoms with E-state index < -0.39 is 0 Å². The molecule has 106 valence electrons. The van der Waals surface area contributed by atoms with E-state index in [9.17, 15) is 4.79 Å². The third-order valence-corrected chi connectivity index (χ3v) is 3.23. The van der Waals surface area contributed by atoms with Crippen LogP contribution in [0.5, 0.6) is 0 Å². The Morgan fingerprint density at radius 1 is 1.29 bits per heavy atom. The maximum absolute atomic E-state index is 12.2. The normalized spacial score (nSPS) is 10.5. The molecule has 0 aliphatic carbocycles. The molecule has 2 heterocycles. The summed E-state index contributed by atoms with van der Waals surface area (Å²) in [6.07, 6.45) is 3.11. The molecule has 0 spiro atoms. The van der Waals surface area contributed by atoms with Gasteiger partial charge in [0.25, 0.3) is 5.91 Å². The smallest absolute Gasteiger partial charge is 0.255 e. The summed E-state index contributed by atoms with van der Waals surface area (Å²) in [7, 11) is 0. The lowest BCUT2D eigenvalue weighted by Gasteiger charge is -2.05. The average Bonchev–Trinajstić information content (AvgIpc) is 3.17. The molecule has 0 unspecified atom stereocenters. The lowest BCUT2D eigenvalue weighted by Crippen LogP contribution is -2.22. The van der Waals surface area contributed by atoms with Crippen LogP contribution in [0.3, 0.4) is 0 Å². The lowest BCUT2D eigenvalue weighted by molar-refractivity contribution is 0.0949. The molecular weight excluding hydrogens is 266 g/mol. The molecule has 2 N–H and O–H groups in total. The van der Waals surface area contributed by atoms with E-state index in [1.54, 1.807) is 12.3 Å². The summed E-state index contributed by atoms with van der Waals surface area (Å²) in [5.74, 6) is 0.527. The first kappa shape index (κ1) is 13.2. The molecule has 0 saturated heterocycles. The van der Waals surface area contributed by atoms with Crippen LogP contribution in [-0.4, -0.2) is 16.1 Å². The van der Waals surface area contributed by atoms with Crippen LogP contribution >= 0.6 is 0 Å². The summed E-state index contributed by atoms with van der Waals surface area (Å²) in [4.78, 5) is 12.2. The van der Waals surface area contributed by atoms with Crippen LogP contribution in [0.2, 0.25) is 0 Å². The van der Waals surface area contributed by atoms with Gasteiger partial charge in [0.15, 0.2) is 0 Å². The van der Waals surface area contributed by atoms with Crippen molar-refractivity contribution in [2.75, 3.05) is 0 Å². The first-order valence-electron chi connectivity index (χ1n) is 6.65. The van der Waals surface area contributed by atoms with Crippen LogP contribution in [-0.2, 0) is 6.54 Å². The highest BCUT2D eigenvalue weighted by atomic mass is 16.3. The molecular formula is C16H15N3O2. The molecule has 5 nitrogen and oxygen atoms in total. The van der Waals surface area contributed by atoms with Gasteiger partial charge in [-0.25, -0.2) is 0 Å². The van der Waals surface area contributed by atoms with Crippen molar-refractivity contribution in [1.82, 2.24) is 15.5 Å². The molecule has 2 aromatic heterocycles. The number of aryl methyl sites for hydroxylation is 1. The van der Waals surface area contributed by atoms with Crippen molar-refractivity contribution in [2.24, 2.45) is 0 Å². The first-order chi connectivity index (χ1) is 10.2. The van der Waals surface area contributed by atoms with E-state index in [1.807, 2.05) is 37.3 Å². The van der Waals surface area contributed by atoms with Gasteiger partial charge < -0.3 is 9.73 Å². The lowest BCUT2D eigenvalue weighted by atomic mass is 10.1. The number of nitrogens with zero attached hydrogens (tertiary/aromatic N) is 1. The number of H-pyrrole nitrogens is 1. The summed E-state index contributed by atoms with van der Waals surface area (Å²) in [6.45, 7) is 2.37. The maximum Gasteiger partial charge on any atom is 0.255 e. The van der Waals surface area contributed by atoms with E-state index >= 15 is 0 Å². The van der Waals surface area contributed by atoms with Crippen molar-refractivity contribution in [3.8, 4) is 11.3 Å². The predicted octanol–water partition coefficient (Wildman–Crippen LogP) is 2.91. The number of hydrogen-bond donors (Lipinski definition) is 2. The standard InChI is InChI=1S/C16H15N3O2/c1-11-4-6-12(7-5-11)15-14(10-18-19-15)16(20)17-9-13-3-2-8-21-13/h2-8,10H,9H2,1H3,(H,17,20)(H,18,19). The van der Waals surface area contributed by atoms with E-state index in [0.29, 0.717) is 23.6 Å². The van der Waals surface area contributed by atoms with Crippen LogP contribution in [0.15, 0.2) is 53.3 Å². The second kappa shape index (κ2) is 5.66. The maximum atomic E-state index is 12.2. The second-order valence-corrected chi connectivity index (χ2v) is 4.79. The highest BCUT2D eigenvalue weighted by molar-refractivity contribution is 5.99. The Kier molecular flexibility index (Phi) is 3.55. The van der Waals surface area contributed by atoms with Gasteiger partial charge in [-0.2, -0.15) is 5.10 Å². The number of amides is 1. The fourth-order valence-electron chi connectivity index (χ4n) is 2.07. The molecule has 1 amide bonds. The van der Waals surface area contributed by atoms with E-state index in [-0.39, 0.29) is 5.91 Å². The van der Waals surface area contributed by atoms with Crippen molar-refractivity contribution in [3.63, 3.8) is 0 Å². The fraction of sp³-hybridized carbons (Fsp3) is 0.125.